The zero-order valence-electron chi connectivity index (χ0n) is 16.3. The highest BCUT2D eigenvalue weighted by Crippen LogP contribution is 2.34. The van der Waals surface area contributed by atoms with E-state index in [2.05, 4.69) is 20.8 Å². The molecule has 1 saturated heterocycles. The molecule has 0 spiro atoms. The maximum absolute atomic E-state index is 13.5. The number of carbonyl (C=O) groups excluding carboxylic acids is 1. The number of fused-ring (bicyclic) bond motifs is 1. The van der Waals surface area contributed by atoms with Crippen LogP contribution in [0.3, 0.4) is 0 Å². The van der Waals surface area contributed by atoms with Gasteiger partial charge < -0.3 is 4.74 Å². The van der Waals surface area contributed by atoms with Crippen LogP contribution in [0.2, 0.25) is 10.0 Å². The molecule has 0 radical (unpaired) electrons. The Bertz CT molecular complexity index is 1090. The number of anilines is 1. The summed E-state index contributed by atoms with van der Waals surface area (Å²) in [5, 5.41) is 1.72. The lowest BCUT2D eigenvalue weighted by Gasteiger charge is -2.29. The summed E-state index contributed by atoms with van der Waals surface area (Å²) in [7, 11) is 0. The Labute approximate surface area is 197 Å². The minimum absolute atomic E-state index is 0.169. The Morgan fingerprint density at radius 3 is 2.80 bits per heavy atom. The molecule has 30 heavy (non-hydrogen) atoms. The number of aryl methyl sites for hydroxylation is 1. The zero-order chi connectivity index (χ0) is 21.3. The second-order valence-corrected chi connectivity index (χ2v) is 9.87. The first-order valence-electron chi connectivity index (χ1n) is 9.56. The molecule has 0 N–H and O–H groups in total. The molecule has 4 rings (SSSR count). The number of rotatable bonds is 5. The second kappa shape index (κ2) is 9.51. The van der Waals surface area contributed by atoms with Crippen LogP contribution in [0, 0.1) is 6.92 Å². The highest BCUT2D eigenvalue weighted by Gasteiger charge is 2.25. The Balaban J connectivity index is 1.70. The van der Waals surface area contributed by atoms with Crippen LogP contribution in [0.25, 0.3) is 10.2 Å². The molecule has 5 nitrogen and oxygen atoms in total. The molecule has 158 valence electrons. The molecule has 0 unspecified atom stereocenters. The van der Waals surface area contributed by atoms with E-state index in [9.17, 15) is 4.79 Å². The summed E-state index contributed by atoms with van der Waals surface area (Å²) in [6.07, 6.45) is 0. The van der Waals surface area contributed by atoms with Gasteiger partial charge in [0.25, 0.3) is 5.91 Å². The van der Waals surface area contributed by atoms with Crippen molar-refractivity contribution < 1.29 is 9.53 Å². The van der Waals surface area contributed by atoms with E-state index in [0.29, 0.717) is 40.5 Å². The average molecular weight is 529 g/mol. The summed E-state index contributed by atoms with van der Waals surface area (Å²) in [6, 6.07) is 9.07. The Kier molecular flexibility index (Phi) is 6.97. The SMILES string of the molecule is Cc1cc(Cl)cc2sc(N(CCN3CCOCC3)C(=O)c3cc(Br)ccc3Cl)nc12. The van der Waals surface area contributed by atoms with E-state index < -0.39 is 0 Å². The number of thiazole rings is 1. The van der Waals surface area contributed by atoms with Crippen LogP contribution in [-0.4, -0.2) is 55.2 Å². The van der Waals surface area contributed by atoms with Crippen molar-refractivity contribution in [1.82, 2.24) is 9.88 Å². The lowest BCUT2D eigenvalue weighted by atomic mass is 10.2. The van der Waals surface area contributed by atoms with Gasteiger partial charge in [-0.05, 0) is 42.8 Å². The van der Waals surface area contributed by atoms with E-state index in [1.807, 2.05) is 25.1 Å². The van der Waals surface area contributed by atoms with Crippen molar-refractivity contribution in [2.75, 3.05) is 44.3 Å². The first-order chi connectivity index (χ1) is 14.4. The minimum atomic E-state index is -0.169. The zero-order valence-corrected chi connectivity index (χ0v) is 20.2. The van der Waals surface area contributed by atoms with Crippen molar-refractivity contribution in [3.05, 3.63) is 56.0 Å². The van der Waals surface area contributed by atoms with Crippen LogP contribution >= 0.6 is 50.5 Å². The Morgan fingerprint density at radius 1 is 1.27 bits per heavy atom. The maximum Gasteiger partial charge on any atom is 0.261 e. The van der Waals surface area contributed by atoms with Gasteiger partial charge in [0.2, 0.25) is 0 Å². The fraction of sp³-hybridized carbons (Fsp3) is 0.333. The molecule has 2 heterocycles. The number of aromatic nitrogens is 1. The van der Waals surface area contributed by atoms with Crippen molar-refractivity contribution in [2.45, 2.75) is 6.92 Å². The number of halogens is 3. The maximum atomic E-state index is 13.5. The molecule has 9 heteroatoms. The highest BCUT2D eigenvalue weighted by molar-refractivity contribution is 9.10. The fourth-order valence-corrected chi connectivity index (χ4v) is 5.42. The summed E-state index contributed by atoms with van der Waals surface area (Å²) in [4.78, 5) is 22.3. The molecule has 0 bridgehead atoms. The molecule has 1 aliphatic heterocycles. The number of hydrogen-bond acceptors (Lipinski definition) is 5. The largest absolute Gasteiger partial charge is 0.379 e. The van der Waals surface area contributed by atoms with Crippen LogP contribution in [0.15, 0.2) is 34.8 Å². The lowest BCUT2D eigenvalue weighted by Crippen LogP contribution is -2.43. The summed E-state index contributed by atoms with van der Waals surface area (Å²) < 4.78 is 7.19. The molecule has 1 fully saturated rings. The number of benzene rings is 2. The van der Waals surface area contributed by atoms with Gasteiger partial charge in [-0.1, -0.05) is 50.5 Å². The number of hydrogen-bond donors (Lipinski definition) is 0. The van der Waals surface area contributed by atoms with Crippen molar-refractivity contribution in [1.29, 1.82) is 0 Å². The van der Waals surface area contributed by atoms with Crippen LogP contribution in [0.5, 0.6) is 0 Å². The molecule has 1 aliphatic rings. The Morgan fingerprint density at radius 2 is 2.03 bits per heavy atom. The van der Waals surface area contributed by atoms with Gasteiger partial charge >= 0.3 is 0 Å². The predicted molar refractivity (Wildman–Crippen MR) is 127 cm³/mol. The molecule has 3 aromatic rings. The summed E-state index contributed by atoms with van der Waals surface area (Å²) in [5.41, 5.74) is 2.30. The number of ether oxygens (including phenoxy) is 1. The van der Waals surface area contributed by atoms with Gasteiger partial charge in [0, 0.05) is 35.7 Å². The normalized spacial score (nSPS) is 14.9. The van der Waals surface area contributed by atoms with Crippen molar-refractivity contribution >= 4 is 71.7 Å². The molecule has 2 aromatic carbocycles. The molecule has 0 atom stereocenters. The fourth-order valence-electron chi connectivity index (χ4n) is 3.42. The van der Waals surface area contributed by atoms with Gasteiger partial charge in [-0.3, -0.25) is 14.6 Å². The van der Waals surface area contributed by atoms with Gasteiger partial charge in [-0.25, -0.2) is 4.98 Å². The molecular formula is C21H20BrCl2N3O2S. The monoisotopic (exact) mass is 527 g/mol. The molecule has 0 aliphatic carbocycles. The minimum Gasteiger partial charge on any atom is -0.379 e. The summed E-state index contributed by atoms with van der Waals surface area (Å²) in [5.74, 6) is -0.169. The van der Waals surface area contributed by atoms with E-state index in [-0.39, 0.29) is 5.91 Å². The first-order valence-corrected chi connectivity index (χ1v) is 11.9. The number of morpholine rings is 1. The van der Waals surface area contributed by atoms with Gasteiger partial charge in [0.05, 0.1) is 34.0 Å². The van der Waals surface area contributed by atoms with Crippen LogP contribution in [0.4, 0.5) is 5.13 Å². The van der Waals surface area contributed by atoms with E-state index in [1.165, 1.54) is 11.3 Å². The third-order valence-electron chi connectivity index (χ3n) is 5.02. The molecule has 0 saturated carbocycles. The lowest BCUT2D eigenvalue weighted by molar-refractivity contribution is 0.0391. The highest BCUT2D eigenvalue weighted by atomic mass is 79.9. The van der Waals surface area contributed by atoms with E-state index in [4.69, 9.17) is 32.9 Å². The smallest absolute Gasteiger partial charge is 0.261 e. The summed E-state index contributed by atoms with van der Waals surface area (Å²) >= 11 is 17.5. The van der Waals surface area contributed by atoms with Crippen molar-refractivity contribution in [3.8, 4) is 0 Å². The van der Waals surface area contributed by atoms with Crippen LogP contribution in [-0.2, 0) is 4.74 Å². The van der Waals surface area contributed by atoms with Crippen molar-refractivity contribution in [2.24, 2.45) is 0 Å². The number of amides is 1. The third-order valence-corrected chi connectivity index (χ3v) is 7.08. The Hall–Kier alpha value is -1.22. The van der Waals surface area contributed by atoms with Gasteiger partial charge in [0.15, 0.2) is 5.13 Å². The van der Waals surface area contributed by atoms with Crippen molar-refractivity contribution in [3.63, 3.8) is 0 Å². The van der Waals surface area contributed by atoms with Gasteiger partial charge in [-0.15, -0.1) is 0 Å². The predicted octanol–water partition coefficient (Wildman–Crippen LogP) is 5.65. The number of carbonyl (C=O) groups is 1. The third kappa shape index (κ3) is 4.82. The van der Waals surface area contributed by atoms with E-state index in [1.54, 1.807) is 17.0 Å². The number of nitrogens with zero attached hydrogens (tertiary/aromatic N) is 3. The summed E-state index contributed by atoms with van der Waals surface area (Å²) in [6.45, 7) is 6.35. The van der Waals surface area contributed by atoms with Crippen LogP contribution < -0.4 is 4.90 Å². The molecule has 1 aromatic heterocycles. The topological polar surface area (TPSA) is 45.7 Å². The van der Waals surface area contributed by atoms with Gasteiger partial charge in [0.1, 0.15) is 0 Å². The van der Waals surface area contributed by atoms with E-state index >= 15 is 0 Å². The first kappa shape index (κ1) is 22.0. The average Bonchev–Trinajstić information content (AvgIpc) is 3.14. The standard InChI is InChI=1S/C21H20BrCl2N3O2S/c1-13-10-15(23)12-18-19(13)25-21(30-18)27(5-4-26-6-8-29-9-7-26)20(28)16-11-14(22)2-3-17(16)24/h2-3,10-12H,4-9H2,1H3. The quantitative estimate of drug-likeness (QED) is 0.429. The van der Waals surface area contributed by atoms with Crippen LogP contribution in [0.1, 0.15) is 15.9 Å². The molecular weight excluding hydrogens is 509 g/mol. The van der Waals surface area contributed by atoms with Gasteiger partial charge in [-0.2, -0.15) is 0 Å². The second-order valence-electron chi connectivity index (χ2n) is 7.10. The molecule has 1 amide bonds. The van der Waals surface area contributed by atoms with E-state index in [0.717, 1.165) is 39.9 Å².